The summed E-state index contributed by atoms with van der Waals surface area (Å²) < 4.78 is 5.37. The lowest BCUT2D eigenvalue weighted by atomic mass is 10.1. The first-order valence-electron chi connectivity index (χ1n) is 7.52. The zero-order valence-electron chi connectivity index (χ0n) is 12.3. The molecule has 0 saturated carbocycles. The Morgan fingerprint density at radius 3 is 2.95 bits per heavy atom. The van der Waals surface area contributed by atoms with Gasteiger partial charge in [-0.3, -0.25) is 4.90 Å². The van der Waals surface area contributed by atoms with Crippen LogP contribution in [0.5, 0.6) is 0 Å². The van der Waals surface area contributed by atoms with Crippen molar-refractivity contribution in [2.24, 2.45) is 0 Å². The molecule has 5 nitrogen and oxygen atoms in total. The van der Waals surface area contributed by atoms with E-state index in [1.54, 1.807) is 0 Å². The summed E-state index contributed by atoms with van der Waals surface area (Å²) in [4.78, 5) is 6.80. The predicted molar refractivity (Wildman–Crippen MR) is 79.5 cm³/mol. The molecule has 2 unspecified atom stereocenters. The topological polar surface area (TPSA) is 62.4 Å². The van der Waals surface area contributed by atoms with E-state index < -0.39 is 0 Å². The highest BCUT2D eigenvalue weighted by Crippen LogP contribution is 2.24. The summed E-state index contributed by atoms with van der Waals surface area (Å²) in [5.74, 6) is 1.28. The molecule has 0 amide bonds. The van der Waals surface area contributed by atoms with Crippen molar-refractivity contribution >= 4 is 0 Å². The standard InChI is InChI=1S/C16H21N3O2/c1-12(20)10-14-8-5-9-19(14)11-15-17-16(18-21-15)13-6-3-2-4-7-13/h2-4,6-7,12,14,20H,5,8-11H2,1H3. The quantitative estimate of drug-likeness (QED) is 0.915. The molecule has 1 saturated heterocycles. The number of likely N-dealkylation sites (tertiary alicyclic amines) is 1. The average molecular weight is 287 g/mol. The molecule has 0 bridgehead atoms. The van der Waals surface area contributed by atoms with E-state index in [0.29, 0.717) is 24.3 Å². The van der Waals surface area contributed by atoms with Crippen LogP contribution in [0.25, 0.3) is 11.4 Å². The van der Waals surface area contributed by atoms with Gasteiger partial charge in [0.2, 0.25) is 11.7 Å². The van der Waals surface area contributed by atoms with Gasteiger partial charge >= 0.3 is 0 Å². The van der Waals surface area contributed by atoms with Crippen LogP contribution >= 0.6 is 0 Å². The van der Waals surface area contributed by atoms with E-state index in [9.17, 15) is 5.11 Å². The molecule has 1 aliphatic heterocycles. The van der Waals surface area contributed by atoms with Crippen LogP contribution in [-0.2, 0) is 6.54 Å². The zero-order chi connectivity index (χ0) is 14.7. The summed E-state index contributed by atoms with van der Waals surface area (Å²) >= 11 is 0. The van der Waals surface area contributed by atoms with Crippen LogP contribution in [0.2, 0.25) is 0 Å². The summed E-state index contributed by atoms with van der Waals surface area (Å²) in [6.07, 6.45) is 2.83. The van der Waals surface area contributed by atoms with Crippen molar-refractivity contribution in [3.8, 4) is 11.4 Å². The van der Waals surface area contributed by atoms with Gasteiger partial charge in [-0.1, -0.05) is 35.5 Å². The lowest BCUT2D eigenvalue weighted by Gasteiger charge is -2.23. The normalized spacial score (nSPS) is 20.8. The molecule has 1 aromatic heterocycles. The minimum Gasteiger partial charge on any atom is -0.393 e. The third-order valence-electron chi connectivity index (χ3n) is 3.95. The molecule has 2 heterocycles. The van der Waals surface area contributed by atoms with Crippen molar-refractivity contribution in [1.29, 1.82) is 0 Å². The number of benzene rings is 1. The summed E-state index contributed by atoms with van der Waals surface area (Å²) in [5, 5.41) is 13.6. The molecule has 0 aliphatic carbocycles. The van der Waals surface area contributed by atoms with Crippen molar-refractivity contribution in [3.05, 3.63) is 36.2 Å². The van der Waals surface area contributed by atoms with E-state index in [0.717, 1.165) is 31.4 Å². The van der Waals surface area contributed by atoms with Gasteiger partial charge in [0.05, 0.1) is 12.6 Å². The van der Waals surface area contributed by atoms with Crippen LogP contribution in [0, 0.1) is 0 Å². The Morgan fingerprint density at radius 2 is 2.19 bits per heavy atom. The van der Waals surface area contributed by atoms with Crippen LogP contribution in [-0.4, -0.2) is 38.8 Å². The lowest BCUT2D eigenvalue weighted by Crippen LogP contribution is -2.31. The number of aliphatic hydroxyl groups excluding tert-OH is 1. The van der Waals surface area contributed by atoms with Gasteiger partial charge in [-0.2, -0.15) is 4.98 Å². The molecule has 0 radical (unpaired) electrons. The number of rotatable bonds is 5. The van der Waals surface area contributed by atoms with Crippen molar-refractivity contribution in [2.75, 3.05) is 6.54 Å². The SMILES string of the molecule is CC(O)CC1CCCN1Cc1nc(-c2ccccc2)no1. The lowest BCUT2D eigenvalue weighted by molar-refractivity contribution is 0.124. The first kappa shape index (κ1) is 14.2. The first-order valence-corrected chi connectivity index (χ1v) is 7.52. The summed E-state index contributed by atoms with van der Waals surface area (Å²) in [6.45, 7) is 3.54. The highest BCUT2D eigenvalue weighted by molar-refractivity contribution is 5.53. The second-order valence-corrected chi connectivity index (χ2v) is 5.73. The summed E-state index contributed by atoms with van der Waals surface area (Å²) in [5.41, 5.74) is 0.967. The van der Waals surface area contributed by atoms with Gasteiger partial charge in [0.15, 0.2) is 0 Å². The predicted octanol–water partition coefficient (Wildman–Crippen LogP) is 2.47. The van der Waals surface area contributed by atoms with Crippen molar-refractivity contribution in [3.63, 3.8) is 0 Å². The Bertz CT molecular complexity index is 568. The molecular formula is C16H21N3O2. The summed E-state index contributed by atoms with van der Waals surface area (Å²) in [6, 6.07) is 10.3. The van der Waals surface area contributed by atoms with Crippen molar-refractivity contribution < 1.29 is 9.63 Å². The highest BCUT2D eigenvalue weighted by atomic mass is 16.5. The Kier molecular flexibility index (Phi) is 4.31. The molecule has 1 N–H and O–H groups in total. The fourth-order valence-corrected chi connectivity index (χ4v) is 2.96. The molecule has 1 aliphatic rings. The highest BCUT2D eigenvalue weighted by Gasteiger charge is 2.27. The number of hydrogen-bond donors (Lipinski definition) is 1. The molecule has 1 aromatic carbocycles. The third kappa shape index (κ3) is 3.49. The Morgan fingerprint density at radius 1 is 1.38 bits per heavy atom. The Labute approximate surface area is 124 Å². The largest absolute Gasteiger partial charge is 0.393 e. The third-order valence-corrected chi connectivity index (χ3v) is 3.95. The molecule has 1 fully saturated rings. The maximum atomic E-state index is 9.57. The molecule has 5 heteroatoms. The summed E-state index contributed by atoms with van der Waals surface area (Å²) in [7, 11) is 0. The van der Waals surface area contributed by atoms with Crippen LogP contribution in [0.3, 0.4) is 0 Å². The Balaban J connectivity index is 1.67. The van der Waals surface area contributed by atoms with Crippen LogP contribution in [0.4, 0.5) is 0 Å². The molecule has 21 heavy (non-hydrogen) atoms. The van der Waals surface area contributed by atoms with Gasteiger partial charge in [0, 0.05) is 11.6 Å². The zero-order valence-corrected chi connectivity index (χ0v) is 12.3. The van der Waals surface area contributed by atoms with Gasteiger partial charge in [-0.25, -0.2) is 0 Å². The van der Waals surface area contributed by atoms with Gasteiger partial charge < -0.3 is 9.63 Å². The fraction of sp³-hybridized carbons (Fsp3) is 0.500. The molecule has 2 atom stereocenters. The van der Waals surface area contributed by atoms with Gasteiger partial charge in [-0.05, 0) is 32.7 Å². The minimum atomic E-state index is -0.266. The monoisotopic (exact) mass is 287 g/mol. The van der Waals surface area contributed by atoms with E-state index >= 15 is 0 Å². The minimum absolute atomic E-state index is 0.266. The number of aliphatic hydroxyl groups is 1. The number of nitrogens with zero attached hydrogens (tertiary/aromatic N) is 3. The van der Waals surface area contributed by atoms with Crippen LogP contribution in [0.1, 0.15) is 32.1 Å². The molecule has 0 spiro atoms. The van der Waals surface area contributed by atoms with E-state index in [-0.39, 0.29) is 6.10 Å². The Hall–Kier alpha value is -1.72. The number of hydrogen-bond acceptors (Lipinski definition) is 5. The molecular weight excluding hydrogens is 266 g/mol. The van der Waals surface area contributed by atoms with E-state index in [2.05, 4.69) is 15.0 Å². The van der Waals surface area contributed by atoms with Gasteiger partial charge in [0.1, 0.15) is 0 Å². The van der Waals surface area contributed by atoms with Crippen molar-refractivity contribution in [1.82, 2.24) is 15.0 Å². The van der Waals surface area contributed by atoms with E-state index in [1.165, 1.54) is 0 Å². The molecule has 2 aromatic rings. The van der Waals surface area contributed by atoms with Crippen LogP contribution in [0.15, 0.2) is 34.9 Å². The average Bonchev–Trinajstić information content (AvgIpc) is 3.10. The first-order chi connectivity index (χ1) is 10.2. The van der Waals surface area contributed by atoms with Gasteiger partial charge in [-0.15, -0.1) is 0 Å². The van der Waals surface area contributed by atoms with Gasteiger partial charge in [0.25, 0.3) is 0 Å². The maximum Gasteiger partial charge on any atom is 0.241 e. The smallest absolute Gasteiger partial charge is 0.241 e. The second kappa shape index (κ2) is 6.37. The van der Waals surface area contributed by atoms with Crippen molar-refractivity contribution in [2.45, 2.75) is 44.9 Å². The number of aromatic nitrogens is 2. The fourth-order valence-electron chi connectivity index (χ4n) is 2.96. The molecule has 112 valence electrons. The maximum absolute atomic E-state index is 9.57. The van der Waals surface area contributed by atoms with E-state index in [1.807, 2.05) is 37.3 Å². The van der Waals surface area contributed by atoms with E-state index in [4.69, 9.17) is 4.52 Å². The van der Waals surface area contributed by atoms with Crippen LogP contribution < -0.4 is 0 Å². The molecule has 3 rings (SSSR count). The second-order valence-electron chi connectivity index (χ2n) is 5.73.